The number of aromatic nitrogens is 1. The Labute approximate surface area is 127 Å². The first-order chi connectivity index (χ1) is 10.7. The Morgan fingerprint density at radius 1 is 0.909 bits per heavy atom. The quantitative estimate of drug-likeness (QED) is 0.645. The van der Waals surface area contributed by atoms with E-state index in [9.17, 15) is 9.59 Å². The molecule has 3 aromatic rings. The zero-order valence-electron chi connectivity index (χ0n) is 11.9. The normalized spacial score (nSPS) is 13.8. The van der Waals surface area contributed by atoms with Gasteiger partial charge in [0, 0.05) is 11.6 Å². The number of nitrogens with zero attached hydrogens (tertiary/aromatic N) is 2. The Bertz CT molecular complexity index is 941. The topological polar surface area (TPSA) is 50.3 Å². The molecule has 0 saturated carbocycles. The van der Waals surface area contributed by atoms with Crippen molar-refractivity contribution < 1.29 is 9.59 Å². The summed E-state index contributed by atoms with van der Waals surface area (Å²) in [6.45, 7) is 1.90. The van der Waals surface area contributed by atoms with E-state index in [1.165, 1.54) is 4.90 Å². The molecule has 2 amide bonds. The molecule has 0 spiro atoms. The second-order valence-electron chi connectivity index (χ2n) is 5.35. The van der Waals surface area contributed by atoms with Gasteiger partial charge in [0.1, 0.15) is 0 Å². The van der Waals surface area contributed by atoms with Gasteiger partial charge in [0.15, 0.2) is 0 Å². The van der Waals surface area contributed by atoms with Crippen LogP contribution in [0.25, 0.3) is 10.9 Å². The number of rotatable bonds is 1. The maximum absolute atomic E-state index is 12.7. The molecule has 0 unspecified atom stereocenters. The van der Waals surface area contributed by atoms with Crippen molar-refractivity contribution in [3.05, 3.63) is 71.4 Å². The van der Waals surface area contributed by atoms with Crippen LogP contribution in [-0.4, -0.2) is 16.8 Å². The maximum atomic E-state index is 12.7. The lowest BCUT2D eigenvalue weighted by molar-refractivity contribution is 0.0926. The highest BCUT2D eigenvalue weighted by molar-refractivity contribution is 6.35. The fourth-order valence-corrected chi connectivity index (χ4v) is 2.84. The summed E-state index contributed by atoms with van der Waals surface area (Å²) in [6, 6.07) is 14.5. The van der Waals surface area contributed by atoms with Gasteiger partial charge < -0.3 is 0 Å². The summed E-state index contributed by atoms with van der Waals surface area (Å²) in [5.74, 6) is -0.583. The summed E-state index contributed by atoms with van der Waals surface area (Å²) < 4.78 is 0. The van der Waals surface area contributed by atoms with E-state index in [2.05, 4.69) is 4.98 Å². The number of imide groups is 1. The SMILES string of the molecule is Cc1ccc2c(c1)C(=O)N(c1cccc3cccnc13)C2=O. The highest BCUT2D eigenvalue weighted by Crippen LogP contribution is 2.32. The molecular weight excluding hydrogens is 276 g/mol. The van der Waals surface area contributed by atoms with Crippen molar-refractivity contribution in [1.82, 2.24) is 4.98 Å². The molecular formula is C18H12N2O2. The van der Waals surface area contributed by atoms with E-state index in [1.54, 1.807) is 24.4 Å². The molecule has 0 saturated heterocycles. The number of fused-ring (bicyclic) bond motifs is 2. The summed E-state index contributed by atoms with van der Waals surface area (Å²) in [4.78, 5) is 30.9. The van der Waals surface area contributed by atoms with Gasteiger partial charge in [-0.05, 0) is 31.2 Å². The van der Waals surface area contributed by atoms with E-state index in [1.807, 2.05) is 37.3 Å². The van der Waals surface area contributed by atoms with Gasteiger partial charge in [-0.1, -0.05) is 29.8 Å². The Morgan fingerprint density at radius 3 is 2.55 bits per heavy atom. The highest BCUT2D eigenvalue weighted by atomic mass is 16.2. The summed E-state index contributed by atoms with van der Waals surface area (Å²) in [5.41, 5.74) is 3.04. The van der Waals surface area contributed by atoms with Crippen LogP contribution in [0.1, 0.15) is 26.3 Å². The fourth-order valence-electron chi connectivity index (χ4n) is 2.84. The van der Waals surface area contributed by atoms with Crippen molar-refractivity contribution in [3.63, 3.8) is 0 Å². The van der Waals surface area contributed by atoms with Crippen molar-refractivity contribution >= 4 is 28.4 Å². The summed E-state index contributed by atoms with van der Waals surface area (Å²) in [7, 11) is 0. The van der Waals surface area contributed by atoms with Crippen molar-refractivity contribution in [2.75, 3.05) is 4.90 Å². The second kappa shape index (κ2) is 4.49. The van der Waals surface area contributed by atoms with Crippen molar-refractivity contribution in [2.45, 2.75) is 6.92 Å². The number of para-hydroxylation sites is 1. The minimum Gasteiger partial charge on any atom is -0.268 e. The van der Waals surface area contributed by atoms with Crippen LogP contribution in [0.4, 0.5) is 5.69 Å². The van der Waals surface area contributed by atoms with Crippen LogP contribution in [0.3, 0.4) is 0 Å². The molecule has 0 bridgehead atoms. The Balaban J connectivity index is 1.94. The zero-order valence-corrected chi connectivity index (χ0v) is 11.9. The number of aryl methyl sites for hydroxylation is 1. The highest BCUT2D eigenvalue weighted by Gasteiger charge is 2.37. The second-order valence-corrected chi connectivity index (χ2v) is 5.35. The number of carbonyl (C=O) groups excluding carboxylic acids is 2. The van der Waals surface area contributed by atoms with Crippen LogP contribution in [-0.2, 0) is 0 Å². The third-order valence-corrected chi connectivity index (χ3v) is 3.89. The Kier molecular flexibility index (Phi) is 2.60. The van der Waals surface area contributed by atoms with Crippen LogP contribution in [0.2, 0.25) is 0 Å². The van der Waals surface area contributed by atoms with Crippen molar-refractivity contribution in [2.24, 2.45) is 0 Å². The van der Waals surface area contributed by atoms with E-state index in [0.29, 0.717) is 22.3 Å². The Hall–Kier alpha value is -3.01. The molecule has 4 rings (SSSR count). The molecule has 1 aromatic heterocycles. The number of benzene rings is 2. The minimum absolute atomic E-state index is 0.290. The molecule has 2 aromatic carbocycles. The molecule has 2 heterocycles. The number of anilines is 1. The first kappa shape index (κ1) is 12.7. The average molecular weight is 288 g/mol. The lowest BCUT2D eigenvalue weighted by Gasteiger charge is -2.15. The van der Waals surface area contributed by atoms with Crippen LogP contribution in [0.5, 0.6) is 0 Å². The lowest BCUT2D eigenvalue weighted by Crippen LogP contribution is -2.29. The number of hydrogen-bond donors (Lipinski definition) is 0. The molecule has 0 atom stereocenters. The monoisotopic (exact) mass is 288 g/mol. The third kappa shape index (κ3) is 1.67. The number of pyridine rings is 1. The molecule has 0 N–H and O–H groups in total. The number of hydrogen-bond acceptors (Lipinski definition) is 3. The Morgan fingerprint density at radius 2 is 1.68 bits per heavy atom. The van der Waals surface area contributed by atoms with E-state index in [4.69, 9.17) is 0 Å². The first-order valence-corrected chi connectivity index (χ1v) is 7.00. The maximum Gasteiger partial charge on any atom is 0.266 e. The number of carbonyl (C=O) groups is 2. The van der Waals surface area contributed by atoms with E-state index in [-0.39, 0.29) is 11.8 Å². The summed E-state index contributed by atoms with van der Waals surface area (Å²) in [6.07, 6.45) is 1.66. The first-order valence-electron chi connectivity index (χ1n) is 7.00. The van der Waals surface area contributed by atoms with E-state index in [0.717, 1.165) is 10.9 Å². The van der Waals surface area contributed by atoms with Gasteiger partial charge in [0.05, 0.1) is 22.3 Å². The zero-order chi connectivity index (χ0) is 15.3. The summed E-state index contributed by atoms with van der Waals surface area (Å²) >= 11 is 0. The van der Waals surface area contributed by atoms with E-state index >= 15 is 0 Å². The molecule has 0 aliphatic carbocycles. The molecule has 0 fully saturated rings. The van der Waals surface area contributed by atoms with Crippen LogP contribution in [0, 0.1) is 6.92 Å². The lowest BCUT2D eigenvalue weighted by atomic mass is 10.1. The van der Waals surface area contributed by atoms with E-state index < -0.39 is 0 Å². The fraction of sp³-hybridized carbons (Fsp3) is 0.0556. The third-order valence-electron chi connectivity index (χ3n) is 3.89. The van der Waals surface area contributed by atoms with Crippen LogP contribution in [0.15, 0.2) is 54.7 Å². The molecule has 22 heavy (non-hydrogen) atoms. The van der Waals surface area contributed by atoms with Gasteiger partial charge in [0.2, 0.25) is 0 Å². The molecule has 1 aliphatic rings. The average Bonchev–Trinajstić information content (AvgIpc) is 2.78. The van der Waals surface area contributed by atoms with Crippen LogP contribution < -0.4 is 4.90 Å². The predicted molar refractivity (Wildman–Crippen MR) is 84.1 cm³/mol. The van der Waals surface area contributed by atoms with Gasteiger partial charge in [-0.15, -0.1) is 0 Å². The van der Waals surface area contributed by atoms with Gasteiger partial charge in [-0.3, -0.25) is 14.6 Å². The summed E-state index contributed by atoms with van der Waals surface area (Å²) in [5, 5.41) is 0.896. The molecule has 0 radical (unpaired) electrons. The largest absolute Gasteiger partial charge is 0.268 e. The number of amides is 2. The molecule has 4 heteroatoms. The van der Waals surface area contributed by atoms with Crippen molar-refractivity contribution in [1.29, 1.82) is 0 Å². The van der Waals surface area contributed by atoms with Crippen molar-refractivity contribution in [3.8, 4) is 0 Å². The van der Waals surface area contributed by atoms with Gasteiger partial charge in [-0.2, -0.15) is 0 Å². The van der Waals surface area contributed by atoms with Gasteiger partial charge in [0.25, 0.3) is 11.8 Å². The molecule has 4 nitrogen and oxygen atoms in total. The molecule has 106 valence electrons. The van der Waals surface area contributed by atoms with Crippen LogP contribution >= 0.6 is 0 Å². The minimum atomic E-state index is -0.293. The van der Waals surface area contributed by atoms with Gasteiger partial charge in [-0.25, -0.2) is 4.90 Å². The van der Waals surface area contributed by atoms with Gasteiger partial charge >= 0.3 is 0 Å². The predicted octanol–water partition coefficient (Wildman–Crippen LogP) is 3.34. The standard InChI is InChI=1S/C18H12N2O2/c1-11-7-8-13-14(10-11)18(22)20(17(13)21)15-6-2-4-12-5-3-9-19-16(12)15/h2-10H,1H3. The smallest absolute Gasteiger partial charge is 0.266 e. The molecule has 1 aliphatic heterocycles.